The highest BCUT2D eigenvalue weighted by atomic mass is 19.1. The number of rotatable bonds is 15. The fraction of sp³-hybridized carbons (Fsp3) is 0.424. The largest absolute Gasteiger partial charge is 0.391 e. The van der Waals surface area contributed by atoms with Gasteiger partial charge < -0.3 is 20.6 Å². The average molecular weight is 581 g/mol. The topological polar surface area (TPSA) is 94.6 Å². The van der Waals surface area contributed by atoms with Crippen LogP contribution in [0.15, 0.2) is 54.7 Å². The predicted molar refractivity (Wildman–Crippen MR) is 162 cm³/mol. The Labute approximate surface area is 247 Å². The van der Waals surface area contributed by atoms with E-state index < -0.39 is 29.7 Å². The molecule has 0 bridgehead atoms. The highest BCUT2D eigenvalue weighted by molar-refractivity contribution is 6.00. The molecule has 0 aliphatic rings. The Morgan fingerprint density at radius 3 is 2.24 bits per heavy atom. The van der Waals surface area contributed by atoms with Crippen LogP contribution in [0.5, 0.6) is 0 Å². The number of nitrogens with zero attached hydrogens (tertiary/aromatic N) is 2. The van der Waals surface area contributed by atoms with Gasteiger partial charge in [-0.25, -0.2) is 13.8 Å². The van der Waals surface area contributed by atoms with Crippen LogP contribution in [0.1, 0.15) is 77.4 Å². The van der Waals surface area contributed by atoms with E-state index in [1.165, 1.54) is 12.1 Å². The minimum Gasteiger partial charge on any atom is -0.391 e. The molecule has 0 radical (unpaired) electrons. The predicted octanol–water partition coefficient (Wildman–Crippen LogP) is 5.70. The molecule has 0 aliphatic carbocycles. The van der Waals surface area contributed by atoms with Crippen molar-refractivity contribution in [3.05, 3.63) is 94.2 Å². The SMILES string of the molecule is CCCN(CCC)C(=O)c1cc(C)cc(C(=O)N[C@@H](Cc2cc(F)cc(F)c2)[C@@H](O)CCNc2cc(CC)ccn2)c1. The number of anilines is 1. The summed E-state index contributed by atoms with van der Waals surface area (Å²) in [5.74, 6) is -1.43. The lowest BCUT2D eigenvalue weighted by Crippen LogP contribution is -2.45. The van der Waals surface area contributed by atoms with Gasteiger partial charge in [-0.1, -0.05) is 20.8 Å². The van der Waals surface area contributed by atoms with Crippen LogP contribution in [0, 0.1) is 18.6 Å². The molecule has 7 nitrogen and oxygen atoms in total. The van der Waals surface area contributed by atoms with Crippen LogP contribution < -0.4 is 10.6 Å². The van der Waals surface area contributed by atoms with Crippen molar-refractivity contribution in [2.75, 3.05) is 25.0 Å². The van der Waals surface area contributed by atoms with E-state index in [0.29, 0.717) is 36.6 Å². The number of nitrogens with one attached hydrogen (secondary N) is 2. The number of benzene rings is 2. The smallest absolute Gasteiger partial charge is 0.253 e. The number of pyridine rings is 1. The number of aromatic nitrogens is 1. The summed E-state index contributed by atoms with van der Waals surface area (Å²) >= 11 is 0. The van der Waals surface area contributed by atoms with Gasteiger partial charge in [0, 0.05) is 43.0 Å². The van der Waals surface area contributed by atoms with E-state index in [4.69, 9.17) is 0 Å². The van der Waals surface area contributed by atoms with Crippen molar-refractivity contribution in [2.24, 2.45) is 0 Å². The van der Waals surface area contributed by atoms with Crippen LogP contribution in [-0.4, -0.2) is 58.6 Å². The van der Waals surface area contributed by atoms with Gasteiger partial charge in [0.15, 0.2) is 0 Å². The second kappa shape index (κ2) is 16.0. The van der Waals surface area contributed by atoms with Crippen LogP contribution in [0.2, 0.25) is 0 Å². The fourth-order valence-corrected chi connectivity index (χ4v) is 4.93. The Bertz CT molecular complexity index is 1320. The monoisotopic (exact) mass is 580 g/mol. The first kappa shape index (κ1) is 32.7. The number of aliphatic hydroxyl groups excluding tert-OH is 1. The number of halogens is 2. The highest BCUT2D eigenvalue weighted by Gasteiger charge is 2.24. The Kier molecular flexibility index (Phi) is 12.4. The summed E-state index contributed by atoms with van der Waals surface area (Å²) in [7, 11) is 0. The van der Waals surface area contributed by atoms with Crippen LogP contribution in [0.25, 0.3) is 0 Å². The standard InChI is InChI=1S/C33H42F2N4O3/c1-5-12-39(13-6-2)33(42)26-15-22(4)14-25(20-26)32(41)38-29(18-24-16-27(34)21-28(35)17-24)30(40)9-11-37-31-19-23(7-3)8-10-36-31/h8,10,14-17,19-21,29-30,40H,5-7,9,11-13,18H2,1-4H3,(H,36,37)(H,38,41)/t29-,30-/m0/s1. The third kappa shape index (κ3) is 9.62. The van der Waals surface area contributed by atoms with Gasteiger partial charge in [0.25, 0.3) is 11.8 Å². The van der Waals surface area contributed by atoms with Crippen molar-refractivity contribution in [3.63, 3.8) is 0 Å². The maximum absolute atomic E-state index is 14.0. The average Bonchev–Trinajstić information content (AvgIpc) is 2.95. The first-order valence-electron chi connectivity index (χ1n) is 14.7. The Morgan fingerprint density at radius 2 is 1.60 bits per heavy atom. The van der Waals surface area contributed by atoms with E-state index in [1.54, 1.807) is 29.3 Å². The number of hydrogen-bond donors (Lipinski definition) is 3. The molecule has 3 aromatic rings. The number of amides is 2. The molecule has 226 valence electrons. The molecule has 0 fully saturated rings. The van der Waals surface area contributed by atoms with E-state index >= 15 is 0 Å². The normalized spacial score (nSPS) is 12.5. The van der Waals surface area contributed by atoms with Crippen LogP contribution in [-0.2, 0) is 12.8 Å². The molecule has 0 unspecified atom stereocenters. The van der Waals surface area contributed by atoms with E-state index in [9.17, 15) is 23.5 Å². The molecule has 42 heavy (non-hydrogen) atoms. The Morgan fingerprint density at radius 1 is 0.929 bits per heavy atom. The van der Waals surface area contributed by atoms with Crippen molar-refractivity contribution in [2.45, 2.75) is 71.9 Å². The van der Waals surface area contributed by atoms with E-state index in [1.807, 2.05) is 39.8 Å². The van der Waals surface area contributed by atoms with Gasteiger partial charge in [-0.2, -0.15) is 0 Å². The first-order chi connectivity index (χ1) is 20.1. The third-order valence-corrected chi connectivity index (χ3v) is 7.00. The van der Waals surface area contributed by atoms with Gasteiger partial charge in [0.1, 0.15) is 17.5 Å². The molecular formula is C33H42F2N4O3. The molecular weight excluding hydrogens is 538 g/mol. The van der Waals surface area contributed by atoms with E-state index in [-0.39, 0.29) is 24.3 Å². The summed E-state index contributed by atoms with van der Waals surface area (Å²) in [5.41, 5.74) is 2.85. The van der Waals surface area contributed by atoms with Crippen LogP contribution >= 0.6 is 0 Å². The molecule has 0 spiro atoms. The molecule has 3 rings (SSSR count). The van der Waals surface area contributed by atoms with Gasteiger partial charge >= 0.3 is 0 Å². The van der Waals surface area contributed by atoms with Crippen molar-refractivity contribution >= 4 is 17.6 Å². The lowest BCUT2D eigenvalue weighted by molar-refractivity contribution is 0.0755. The second-order valence-corrected chi connectivity index (χ2v) is 10.6. The summed E-state index contributed by atoms with van der Waals surface area (Å²) < 4.78 is 27.9. The summed E-state index contributed by atoms with van der Waals surface area (Å²) in [4.78, 5) is 32.8. The Balaban J connectivity index is 1.80. The zero-order chi connectivity index (χ0) is 30.6. The molecule has 1 heterocycles. The quantitative estimate of drug-likeness (QED) is 0.215. The van der Waals surface area contributed by atoms with Gasteiger partial charge in [-0.05, 0) is 98.2 Å². The molecule has 3 N–H and O–H groups in total. The zero-order valence-corrected chi connectivity index (χ0v) is 24.9. The lowest BCUT2D eigenvalue weighted by atomic mass is 9.97. The fourth-order valence-electron chi connectivity index (χ4n) is 4.93. The van der Waals surface area contributed by atoms with Gasteiger partial charge in [0.05, 0.1) is 12.1 Å². The molecule has 0 saturated heterocycles. The van der Waals surface area contributed by atoms with Gasteiger partial charge in [-0.15, -0.1) is 0 Å². The number of hydrogen-bond acceptors (Lipinski definition) is 5. The van der Waals surface area contributed by atoms with E-state index in [0.717, 1.165) is 36.5 Å². The molecule has 9 heteroatoms. The summed E-state index contributed by atoms with van der Waals surface area (Å²) in [6.45, 7) is 9.47. The van der Waals surface area contributed by atoms with Crippen molar-refractivity contribution in [3.8, 4) is 0 Å². The molecule has 2 atom stereocenters. The first-order valence-corrected chi connectivity index (χ1v) is 14.7. The molecule has 2 amide bonds. The minimum atomic E-state index is -1.04. The number of aryl methyl sites for hydroxylation is 2. The molecule has 0 saturated carbocycles. The lowest BCUT2D eigenvalue weighted by Gasteiger charge is -2.25. The minimum absolute atomic E-state index is 0.00351. The van der Waals surface area contributed by atoms with Crippen LogP contribution in [0.4, 0.5) is 14.6 Å². The maximum Gasteiger partial charge on any atom is 0.253 e. The van der Waals surface area contributed by atoms with Crippen molar-refractivity contribution in [1.82, 2.24) is 15.2 Å². The van der Waals surface area contributed by atoms with Crippen LogP contribution in [0.3, 0.4) is 0 Å². The number of carbonyl (C=O) groups excluding carboxylic acids is 2. The third-order valence-electron chi connectivity index (χ3n) is 7.00. The van der Waals surface area contributed by atoms with Crippen molar-refractivity contribution < 1.29 is 23.5 Å². The summed E-state index contributed by atoms with van der Waals surface area (Å²) in [6.07, 6.45) is 3.41. The Hall–Kier alpha value is -3.85. The second-order valence-electron chi connectivity index (χ2n) is 10.6. The van der Waals surface area contributed by atoms with Gasteiger partial charge in [0.2, 0.25) is 0 Å². The molecule has 2 aromatic carbocycles. The summed E-state index contributed by atoms with van der Waals surface area (Å²) in [5, 5.41) is 17.2. The summed E-state index contributed by atoms with van der Waals surface area (Å²) in [6, 6.07) is 11.1. The highest BCUT2D eigenvalue weighted by Crippen LogP contribution is 2.17. The van der Waals surface area contributed by atoms with E-state index in [2.05, 4.69) is 15.6 Å². The van der Waals surface area contributed by atoms with Crippen molar-refractivity contribution in [1.29, 1.82) is 0 Å². The number of carbonyl (C=O) groups is 2. The molecule has 0 aliphatic heterocycles. The van der Waals surface area contributed by atoms with Gasteiger partial charge in [-0.3, -0.25) is 9.59 Å². The number of aliphatic hydroxyl groups is 1. The molecule has 1 aromatic heterocycles. The maximum atomic E-state index is 14.0. The zero-order valence-electron chi connectivity index (χ0n) is 24.9.